The molecule has 0 aliphatic carbocycles. The summed E-state index contributed by atoms with van der Waals surface area (Å²) in [7, 11) is 5.68. The lowest BCUT2D eigenvalue weighted by molar-refractivity contribution is 0.102. The first-order valence-electron chi connectivity index (χ1n) is 6.18. The number of nitrogens with one attached hydrogen (secondary N) is 1. The van der Waals surface area contributed by atoms with Gasteiger partial charge in [0.15, 0.2) is 5.69 Å². The molecule has 0 unspecified atom stereocenters. The zero-order valence-electron chi connectivity index (χ0n) is 11.9. The first kappa shape index (κ1) is 14.4. The van der Waals surface area contributed by atoms with Gasteiger partial charge in [0.1, 0.15) is 0 Å². The van der Waals surface area contributed by atoms with Crippen LogP contribution in [0.5, 0.6) is 0 Å². The fraction of sp³-hybridized carbons (Fsp3) is 0.286. The maximum absolute atomic E-state index is 12.1. The van der Waals surface area contributed by atoms with Crippen molar-refractivity contribution >= 4 is 28.9 Å². The molecular formula is C14H17ClN4O. The molecule has 0 fully saturated rings. The van der Waals surface area contributed by atoms with E-state index >= 15 is 0 Å². The Labute approximate surface area is 123 Å². The molecule has 0 bridgehead atoms. The zero-order chi connectivity index (χ0) is 14.9. The van der Waals surface area contributed by atoms with Crippen molar-refractivity contribution < 1.29 is 4.79 Å². The molecule has 6 heteroatoms. The summed E-state index contributed by atoms with van der Waals surface area (Å²) in [5, 5.41) is 7.29. The second kappa shape index (κ2) is 5.54. The van der Waals surface area contributed by atoms with Crippen LogP contribution < -0.4 is 10.2 Å². The summed E-state index contributed by atoms with van der Waals surface area (Å²) >= 11 is 6.09. The van der Waals surface area contributed by atoms with Crippen LogP contribution in [0.3, 0.4) is 0 Å². The van der Waals surface area contributed by atoms with E-state index in [-0.39, 0.29) is 11.6 Å². The molecule has 0 saturated carbocycles. The molecule has 2 rings (SSSR count). The van der Waals surface area contributed by atoms with Crippen LogP contribution in [0.15, 0.2) is 24.3 Å². The minimum absolute atomic E-state index is 0.239. The number of carbonyl (C=O) groups excluding carboxylic acids is 1. The Hall–Kier alpha value is -2.01. The van der Waals surface area contributed by atoms with Gasteiger partial charge < -0.3 is 10.2 Å². The van der Waals surface area contributed by atoms with Gasteiger partial charge in [0.2, 0.25) is 0 Å². The lowest BCUT2D eigenvalue weighted by Gasteiger charge is -2.12. The summed E-state index contributed by atoms with van der Waals surface area (Å²) in [5.74, 6) is -0.309. The smallest absolute Gasteiger partial charge is 0.277 e. The molecule has 0 aliphatic rings. The van der Waals surface area contributed by atoms with Crippen LogP contribution in [0.1, 0.15) is 16.2 Å². The number of hydrogen-bond donors (Lipinski definition) is 1. The van der Waals surface area contributed by atoms with Gasteiger partial charge in [0, 0.05) is 32.5 Å². The van der Waals surface area contributed by atoms with Crippen molar-refractivity contribution in [2.24, 2.45) is 7.05 Å². The fourth-order valence-corrected chi connectivity index (χ4v) is 2.01. The summed E-state index contributed by atoms with van der Waals surface area (Å²) in [6.07, 6.45) is 0. The number of benzene rings is 1. The number of anilines is 2. The average molecular weight is 293 g/mol. The molecule has 2 aromatic rings. The van der Waals surface area contributed by atoms with Gasteiger partial charge in [-0.15, -0.1) is 0 Å². The number of carbonyl (C=O) groups is 1. The molecule has 0 spiro atoms. The molecular weight excluding hydrogens is 276 g/mol. The van der Waals surface area contributed by atoms with E-state index in [1.165, 1.54) is 0 Å². The molecule has 20 heavy (non-hydrogen) atoms. The van der Waals surface area contributed by atoms with Gasteiger partial charge in [-0.2, -0.15) is 5.10 Å². The number of aryl methyl sites for hydroxylation is 1. The van der Waals surface area contributed by atoms with Gasteiger partial charge in [-0.25, -0.2) is 0 Å². The van der Waals surface area contributed by atoms with E-state index in [0.717, 1.165) is 11.4 Å². The predicted molar refractivity (Wildman–Crippen MR) is 81.7 cm³/mol. The average Bonchev–Trinajstić information content (AvgIpc) is 2.67. The maximum atomic E-state index is 12.1. The maximum Gasteiger partial charge on any atom is 0.277 e. The van der Waals surface area contributed by atoms with E-state index in [1.807, 2.05) is 50.2 Å². The number of halogens is 1. The Balaban J connectivity index is 2.17. The van der Waals surface area contributed by atoms with Crippen LogP contribution in [-0.2, 0) is 7.05 Å². The van der Waals surface area contributed by atoms with Crippen molar-refractivity contribution in [2.75, 3.05) is 24.3 Å². The van der Waals surface area contributed by atoms with Crippen molar-refractivity contribution in [1.29, 1.82) is 0 Å². The third kappa shape index (κ3) is 2.77. The topological polar surface area (TPSA) is 50.2 Å². The molecule has 0 radical (unpaired) electrons. The third-order valence-electron chi connectivity index (χ3n) is 3.12. The van der Waals surface area contributed by atoms with Gasteiger partial charge in [0.25, 0.3) is 5.91 Å². The molecule has 5 nitrogen and oxygen atoms in total. The van der Waals surface area contributed by atoms with Crippen LogP contribution in [-0.4, -0.2) is 29.8 Å². The predicted octanol–water partition coefficient (Wildman–Crippen LogP) is 2.70. The Morgan fingerprint density at radius 2 is 1.90 bits per heavy atom. The number of hydrogen-bond acceptors (Lipinski definition) is 3. The normalized spacial score (nSPS) is 10.4. The highest BCUT2D eigenvalue weighted by atomic mass is 35.5. The van der Waals surface area contributed by atoms with Crippen molar-refractivity contribution in [3.8, 4) is 0 Å². The van der Waals surface area contributed by atoms with E-state index in [9.17, 15) is 4.79 Å². The van der Waals surface area contributed by atoms with Gasteiger partial charge in [-0.05, 0) is 31.2 Å². The van der Waals surface area contributed by atoms with E-state index in [4.69, 9.17) is 11.6 Å². The number of rotatable bonds is 3. The largest absolute Gasteiger partial charge is 0.378 e. The van der Waals surface area contributed by atoms with Crippen LogP contribution >= 0.6 is 11.6 Å². The highest BCUT2D eigenvalue weighted by Gasteiger charge is 2.18. The monoisotopic (exact) mass is 292 g/mol. The number of aromatic nitrogens is 2. The molecule has 0 saturated heterocycles. The van der Waals surface area contributed by atoms with Crippen molar-refractivity contribution in [2.45, 2.75) is 6.92 Å². The highest BCUT2D eigenvalue weighted by molar-refractivity contribution is 6.34. The molecule has 1 aromatic carbocycles. The summed E-state index contributed by atoms with van der Waals surface area (Å²) in [6, 6.07) is 7.55. The van der Waals surface area contributed by atoms with E-state index in [0.29, 0.717) is 10.7 Å². The molecule has 0 aliphatic heterocycles. The minimum Gasteiger partial charge on any atom is -0.378 e. The molecule has 1 amide bonds. The molecule has 1 heterocycles. The number of amides is 1. The van der Waals surface area contributed by atoms with Crippen LogP contribution in [0.4, 0.5) is 11.4 Å². The van der Waals surface area contributed by atoms with Crippen LogP contribution in [0, 0.1) is 6.92 Å². The summed E-state index contributed by atoms with van der Waals surface area (Å²) in [6.45, 7) is 1.82. The quantitative estimate of drug-likeness (QED) is 0.946. The van der Waals surface area contributed by atoms with E-state index in [1.54, 1.807) is 11.7 Å². The van der Waals surface area contributed by atoms with Crippen LogP contribution in [0.2, 0.25) is 5.02 Å². The van der Waals surface area contributed by atoms with Crippen molar-refractivity contribution in [3.05, 3.63) is 40.7 Å². The number of nitrogens with zero attached hydrogens (tertiary/aromatic N) is 3. The first-order chi connectivity index (χ1) is 9.40. The van der Waals surface area contributed by atoms with Crippen molar-refractivity contribution in [1.82, 2.24) is 9.78 Å². The Morgan fingerprint density at radius 3 is 2.35 bits per heavy atom. The Kier molecular flexibility index (Phi) is 3.99. The summed E-state index contributed by atoms with van der Waals surface area (Å²) in [5.41, 5.74) is 2.78. The molecule has 1 aromatic heterocycles. The minimum atomic E-state index is -0.309. The molecule has 106 valence electrons. The first-order valence-corrected chi connectivity index (χ1v) is 6.55. The lowest BCUT2D eigenvalue weighted by Crippen LogP contribution is -2.14. The van der Waals surface area contributed by atoms with Gasteiger partial charge in [-0.3, -0.25) is 9.48 Å². The van der Waals surface area contributed by atoms with E-state index in [2.05, 4.69) is 10.4 Å². The fourth-order valence-electron chi connectivity index (χ4n) is 1.76. The zero-order valence-corrected chi connectivity index (χ0v) is 12.7. The summed E-state index contributed by atoms with van der Waals surface area (Å²) in [4.78, 5) is 14.1. The standard InChI is InChI=1S/C14H17ClN4O/c1-9-12(15)13(17-19(9)4)14(20)16-10-5-7-11(8-6-10)18(2)3/h5-8H,1-4H3,(H,16,20). The molecule has 1 N–H and O–H groups in total. The van der Waals surface area contributed by atoms with Gasteiger partial charge >= 0.3 is 0 Å². The SMILES string of the molecule is Cc1c(Cl)c(C(=O)Nc2ccc(N(C)C)cc2)nn1C. The van der Waals surface area contributed by atoms with Gasteiger partial charge in [-0.1, -0.05) is 11.6 Å². The Bertz CT molecular complexity index is 631. The second-order valence-electron chi connectivity index (χ2n) is 4.77. The second-order valence-corrected chi connectivity index (χ2v) is 5.14. The molecule has 0 atom stereocenters. The highest BCUT2D eigenvalue weighted by Crippen LogP contribution is 2.21. The van der Waals surface area contributed by atoms with Crippen LogP contribution in [0.25, 0.3) is 0 Å². The lowest BCUT2D eigenvalue weighted by atomic mass is 10.2. The third-order valence-corrected chi connectivity index (χ3v) is 3.57. The van der Waals surface area contributed by atoms with Crippen molar-refractivity contribution in [3.63, 3.8) is 0 Å². The van der Waals surface area contributed by atoms with E-state index < -0.39 is 0 Å². The summed E-state index contributed by atoms with van der Waals surface area (Å²) < 4.78 is 1.59. The van der Waals surface area contributed by atoms with Gasteiger partial charge in [0.05, 0.1) is 10.7 Å². The Morgan fingerprint density at radius 1 is 1.30 bits per heavy atom.